The van der Waals surface area contributed by atoms with Crippen LogP contribution in [0.1, 0.15) is 19.4 Å². The van der Waals surface area contributed by atoms with Crippen LogP contribution in [0, 0.1) is 0 Å². The van der Waals surface area contributed by atoms with Crippen LogP contribution in [0.2, 0.25) is 0 Å². The maximum Gasteiger partial charge on any atom is 0.416 e. The van der Waals surface area contributed by atoms with Crippen LogP contribution < -0.4 is 4.74 Å². The number of thioether (sulfide) groups is 1. The van der Waals surface area contributed by atoms with Gasteiger partial charge in [-0.1, -0.05) is 44.3 Å². The average Bonchev–Trinajstić information content (AvgIpc) is 2.71. The second kappa shape index (κ2) is 9.94. The average molecular weight is 404 g/mol. The summed E-state index contributed by atoms with van der Waals surface area (Å²) in [6, 6.07) is 12.0. The predicted octanol–water partition coefficient (Wildman–Crippen LogP) is 7.22. The van der Waals surface area contributed by atoms with Crippen LogP contribution in [0.25, 0.3) is 11.3 Å². The van der Waals surface area contributed by atoms with Crippen LogP contribution in [0.3, 0.4) is 0 Å². The van der Waals surface area contributed by atoms with Crippen LogP contribution in [0.5, 0.6) is 11.6 Å². The molecule has 0 aliphatic heterocycles. The van der Waals surface area contributed by atoms with Crippen molar-refractivity contribution in [2.45, 2.75) is 24.9 Å². The monoisotopic (exact) mass is 404 g/mol. The minimum absolute atomic E-state index is 0.219. The van der Waals surface area contributed by atoms with Gasteiger partial charge in [0.1, 0.15) is 11.4 Å². The van der Waals surface area contributed by atoms with E-state index in [4.69, 9.17) is 4.74 Å². The quantitative estimate of drug-likeness (QED) is 0.421. The first-order chi connectivity index (χ1) is 13.5. The molecule has 0 fully saturated rings. The van der Waals surface area contributed by atoms with Gasteiger partial charge in [0, 0.05) is 22.9 Å². The van der Waals surface area contributed by atoms with Crippen LogP contribution in [-0.2, 0) is 6.18 Å². The summed E-state index contributed by atoms with van der Waals surface area (Å²) in [6.07, 6.45) is -1.40. The molecule has 0 unspecified atom stereocenters. The minimum Gasteiger partial charge on any atom is -0.437 e. The zero-order valence-electron chi connectivity index (χ0n) is 15.4. The fourth-order valence-corrected chi connectivity index (χ4v) is 2.69. The summed E-state index contributed by atoms with van der Waals surface area (Å²) in [7, 11) is 0. The van der Waals surface area contributed by atoms with Crippen molar-refractivity contribution in [1.82, 2.24) is 9.97 Å². The molecule has 1 aromatic heterocycles. The number of benzene rings is 2. The molecule has 0 saturated heterocycles. The number of hydrogen-bond donors (Lipinski definition) is 0. The summed E-state index contributed by atoms with van der Waals surface area (Å²) in [5, 5.41) is 1.73. The summed E-state index contributed by atoms with van der Waals surface area (Å²) in [6.45, 7) is 7.67. The van der Waals surface area contributed by atoms with Crippen LogP contribution in [0.4, 0.5) is 13.2 Å². The molecule has 0 amide bonds. The molecule has 0 bridgehead atoms. The Morgan fingerprint density at radius 1 is 0.929 bits per heavy atom. The molecule has 146 valence electrons. The molecular formula is C21H19F3N2OS. The number of nitrogens with zero attached hydrogens (tertiary/aromatic N) is 2. The van der Waals surface area contributed by atoms with Crippen molar-refractivity contribution in [3.63, 3.8) is 0 Å². The van der Waals surface area contributed by atoms with E-state index < -0.39 is 11.7 Å². The highest BCUT2D eigenvalue weighted by atomic mass is 32.2. The molecule has 3 nitrogen and oxygen atoms in total. The second-order valence-electron chi connectivity index (χ2n) is 5.14. The van der Waals surface area contributed by atoms with Gasteiger partial charge in [-0.2, -0.15) is 13.2 Å². The summed E-state index contributed by atoms with van der Waals surface area (Å²) < 4.78 is 43.6. The predicted molar refractivity (Wildman–Crippen MR) is 106 cm³/mol. The number of alkyl halides is 3. The van der Waals surface area contributed by atoms with Crippen molar-refractivity contribution >= 4 is 11.8 Å². The lowest BCUT2D eigenvalue weighted by Crippen LogP contribution is -2.04. The number of rotatable bonds is 5. The van der Waals surface area contributed by atoms with Gasteiger partial charge in [0.15, 0.2) is 0 Å². The van der Waals surface area contributed by atoms with E-state index in [-0.39, 0.29) is 11.6 Å². The third-order valence-electron chi connectivity index (χ3n) is 3.41. The Labute approximate surface area is 166 Å². The van der Waals surface area contributed by atoms with Crippen molar-refractivity contribution in [2.75, 3.05) is 0 Å². The Morgan fingerprint density at radius 3 is 2.11 bits per heavy atom. The first kappa shape index (κ1) is 21.5. The lowest BCUT2D eigenvalue weighted by Gasteiger charge is -2.11. The maximum absolute atomic E-state index is 12.6. The fourth-order valence-electron chi connectivity index (χ4n) is 2.21. The highest BCUT2D eigenvalue weighted by molar-refractivity contribution is 8.02. The summed E-state index contributed by atoms with van der Waals surface area (Å²) in [5.41, 5.74) is 0.551. The van der Waals surface area contributed by atoms with Crippen LogP contribution in [0.15, 0.2) is 77.8 Å². The maximum atomic E-state index is 12.6. The molecule has 28 heavy (non-hydrogen) atoms. The van der Waals surface area contributed by atoms with Gasteiger partial charge in [0.2, 0.25) is 5.88 Å². The number of hydrogen-bond acceptors (Lipinski definition) is 4. The SMILES string of the molecule is C=CSc1ccc(-c2nccnc2Oc2ccc(C(F)(F)F)cc2)cc1.CC. The van der Waals surface area contributed by atoms with Gasteiger partial charge in [-0.05, 0) is 41.8 Å². The molecule has 3 rings (SSSR count). The zero-order chi connectivity index (χ0) is 20.6. The van der Waals surface area contributed by atoms with E-state index in [1.807, 2.05) is 38.1 Å². The number of aromatic nitrogens is 2. The van der Waals surface area contributed by atoms with Crippen molar-refractivity contribution in [3.05, 3.63) is 78.5 Å². The molecule has 0 aliphatic carbocycles. The molecular weight excluding hydrogens is 385 g/mol. The first-order valence-electron chi connectivity index (χ1n) is 8.51. The Morgan fingerprint density at radius 2 is 1.54 bits per heavy atom. The highest BCUT2D eigenvalue weighted by Gasteiger charge is 2.30. The van der Waals surface area contributed by atoms with E-state index in [2.05, 4.69) is 16.5 Å². The number of ether oxygens (including phenoxy) is 1. The third kappa shape index (κ3) is 5.60. The van der Waals surface area contributed by atoms with Gasteiger partial charge in [0.05, 0.1) is 5.56 Å². The Kier molecular flexibility index (Phi) is 7.63. The standard InChI is InChI=1S/C19H13F3N2OS.C2H6/c1-2-26-16-9-3-13(4-10-16)17-18(24-12-11-23-17)25-15-7-5-14(6-8-15)19(20,21)22;1-2/h2-12H,1H2;1-2H3. The Hall–Kier alpha value is -2.80. The Bertz CT molecular complexity index is 895. The van der Waals surface area contributed by atoms with Gasteiger partial charge in [0.25, 0.3) is 0 Å². The van der Waals surface area contributed by atoms with E-state index in [0.717, 1.165) is 22.6 Å². The molecule has 0 atom stereocenters. The van der Waals surface area contributed by atoms with Crippen molar-refractivity contribution in [2.24, 2.45) is 0 Å². The van der Waals surface area contributed by atoms with Crippen LogP contribution in [-0.4, -0.2) is 9.97 Å². The highest BCUT2D eigenvalue weighted by Crippen LogP contribution is 2.33. The minimum atomic E-state index is -4.39. The van der Waals surface area contributed by atoms with Gasteiger partial charge >= 0.3 is 6.18 Å². The second-order valence-corrected chi connectivity index (χ2v) is 6.18. The molecule has 7 heteroatoms. The fraction of sp³-hybridized carbons (Fsp3) is 0.143. The molecule has 0 aliphatic rings. The van der Waals surface area contributed by atoms with E-state index in [0.29, 0.717) is 5.69 Å². The molecule has 1 heterocycles. The first-order valence-corrected chi connectivity index (χ1v) is 9.39. The molecule has 0 spiro atoms. The van der Waals surface area contributed by atoms with Crippen molar-refractivity contribution in [1.29, 1.82) is 0 Å². The van der Waals surface area contributed by atoms with E-state index in [1.165, 1.54) is 36.3 Å². The van der Waals surface area contributed by atoms with Crippen molar-refractivity contribution < 1.29 is 17.9 Å². The zero-order valence-corrected chi connectivity index (χ0v) is 16.2. The normalized spacial score (nSPS) is 10.6. The van der Waals surface area contributed by atoms with Gasteiger partial charge in [-0.15, -0.1) is 0 Å². The van der Waals surface area contributed by atoms with E-state index >= 15 is 0 Å². The molecule has 0 saturated carbocycles. The summed E-state index contributed by atoms with van der Waals surface area (Å²) in [5.74, 6) is 0.468. The molecule has 2 aromatic carbocycles. The lowest BCUT2D eigenvalue weighted by molar-refractivity contribution is -0.137. The van der Waals surface area contributed by atoms with E-state index in [9.17, 15) is 13.2 Å². The topological polar surface area (TPSA) is 35.0 Å². The van der Waals surface area contributed by atoms with Crippen LogP contribution >= 0.6 is 11.8 Å². The van der Waals surface area contributed by atoms with Crippen molar-refractivity contribution in [3.8, 4) is 22.9 Å². The third-order valence-corrected chi connectivity index (χ3v) is 4.12. The van der Waals surface area contributed by atoms with E-state index in [1.54, 1.807) is 5.41 Å². The smallest absolute Gasteiger partial charge is 0.416 e. The largest absolute Gasteiger partial charge is 0.437 e. The van der Waals surface area contributed by atoms with Gasteiger partial charge in [-0.3, -0.25) is 0 Å². The Balaban J connectivity index is 0.00000136. The lowest BCUT2D eigenvalue weighted by atomic mass is 10.1. The van der Waals surface area contributed by atoms with Gasteiger partial charge in [-0.25, -0.2) is 9.97 Å². The molecule has 3 aromatic rings. The molecule has 0 N–H and O–H groups in total. The number of halogens is 3. The summed E-state index contributed by atoms with van der Waals surface area (Å²) in [4.78, 5) is 9.46. The molecule has 0 radical (unpaired) electrons. The van der Waals surface area contributed by atoms with Gasteiger partial charge < -0.3 is 4.74 Å². The summed E-state index contributed by atoms with van der Waals surface area (Å²) >= 11 is 1.49.